The number of nitrogens with zero attached hydrogens (tertiary/aromatic N) is 1. The van der Waals surface area contributed by atoms with E-state index in [-0.39, 0.29) is 50.3 Å². The molecule has 0 aromatic rings. The fourth-order valence-corrected chi connectivity index (χ4v) is 4.70. The molecule has 29 heteroatoms. The Kier molecular flexibility index (Phi) is 69.7. The van der Waals surface area contributed by atoms with E-state index in [1.54, 1.807) is 6.92 Å². The van der Waals surface area contributed by atoms with Crippen LogP contribution in [0.5, 0.6) is 0 Å². The van der Waals surface area contributed by atoms with E-state index in [1.165, 1.54) is 0 Å². The number of carboxylic acid groups (broad SMARTS) is 4. The Bertz CT molecular complexity index is 1440. The average Bonchev–Trinajstić information content (AvgIpc) is 3.22. The van der Waals surface area contributed by atoms with Crippen molar-refractivity contribution in [3.8, 4) is 0 Å². The highest BCUT2D eigenvalue weighted by Gasteiger charge is 2.12. The number of nitrogens with one attached hydrogen (secondary N) is 7. The van der Waals surface area contributed by atoms with Crippen LogP contribution in [0.1, 0.15) is 143 Å². The number of amidine groups is 1. The summed E-state index contributed by atoms with van der Waals surface area (Å²) in [6.07, 6.45) is 1.59. The number of aliphatic imine (C=N–C) groups is 1. The quantitative estimate of drug-likeness (QED) is 0.0191. The Labute approximate surface area is 450 Å². The largest absolute Gasteiger partial charge is 0.790 e. The van der Waals surface area contributed by atoms with Crippen LogP contribution >= 0.6 is 15.4 Å². The molecule has 0 fully saturated rings. The summed E-state index contributed by atoms with van der Waals surface area (Å²) in [7, 11) is -8.55. The lowest BCUT2D eigenvalue weighted by Gasteiger charge is -2.28. The molecule has 2 unspecified atom stereocenters. The fraction of sp³-hybridized carbons (Fsp3) is 0.891. The highest BCUT2D eigenvalue weighted by molar-refractivity contribution is 7.51. The molecule has 0 saturated carbocycles. The molecule has 0 rings (SSSR count). The molecule has 20 N–H and O–H groups in total. The SMILES string of the molecule is CC(C)NCC(N)C(=O)O.CC(C)NCCC(=O)O.CC(C)NCCC(N)C(=O)O.CC(C)NCCCC(=O)O.CC(C)NCCO.CC(C)NCCOP(=O)([O-])[O-].CC(C)NCCP(=O)(O)O.CC(N)=NC(C)C. The molecule has 0 amide bonds. The Morgan fingerprint density at radius 3 is 1.20 bits per heavy atom. The van der Waals surface area contributed by atoms with Gasteiger partial charge in [-0.05, 0) is 46.7 Å². The second kappa shape index (κ2) is 58.9. The van der Waals surface area contributed by atoms with Gasteiger partial charge < -0.3 is 109 Å². The van der Waals surface area contributed by atoms with E-state index in [1.807, 2.05) is 96.9 Å². The van der Waals surface area contributed by atoms with Crippen molar-refractivity contribution in [1.82, 2.24) is 37.2 Å². The van der Waals surface area contributed by atoms with Crippen molar-refractivity contribution in [3.63, 3.8) is 0 Å². The molecule has 2 atom stereocenters. The highest BCUT2D eigenvalue weighted by Crippen LogP contribution is 2.32. The van der Waals surface area contributed by atoms with Gasteiger partial charge in [-0.1, -0.05) is 96.9 Å². The number of hydrogen-bond acceptors (Lipinski definition) is 20. The minimum atomic E-state index is -4.77. The number of carboxylic acids is 4. The summed E-state index contributed by atoms with van der Waals surface area (Å²) in [4.78, 5) is 80.9. The first kappa shape index (κ1) is 88.8. The third-order valence-corrected chi connectivity index (χ3v) is 8.69. The molecule has 75 heavy (non-hydrogen) atoms. The van der Waals surface area contributed by atoms with E-state index < -0.39 is 51.4 Å². The molecule has 0 heterocycles. The van der Waals surface area contributed by atoms with Crippen molar-refractivity contribution in [2.75, 3.05) is 65.2 Å². The number of carbonyl (C=O) groups is 4. The Hall–Kier alpha value is -2.79. The number of nitrogens with two attached hydrogens (primary N) is 3. The predicted octanol–water partition coefficient (Wildman–Crippen LogP) is 0.231. The van der Waals surface area contributed by atoms with E-state index in [0.29, 0.717) is 88.2 Å². The average molecular weight is 1130 g/mol. The van der Waals surface area contributed by atoms with Crippen molar-refractivity contribution in [2.24, 2.45) is 22.2 Å². The van der Waals surface area contributed by atoms with Gasteiger partial charge in [0, 0.05) is 87.5 Å². The summed E-state index contributed by atoms with van der Waals surface area (Å²) in [5.41, 5.74) is 15.7. The smallest absolute Gasteiger partial charge is 0.326 e. The maximum absolute atomic E-state index is 10.3. The van der Waals surface area contributed by atoms with Crippen LogP contribution in [0.3, 0.4) is 0 Å². The van der Waals surface area contributed by atoms with E-state index in [9.17, 15) is 38.1 Å². The van der Waals surface area contributed by atoms with E-state index in [2.05, 4.69) is 60.6 Å². The lowest BCUT2D eigenvalue weighted by Crippen LogP contribution is -2.42. The van der Waals surface area contributed by atoms with Crippen molar-refractivity contribution in [3.05, 3.63) is 0 Å². The van der Waals surface area contributed by atoms with Crippen molar-refractivity contribution in [2.45, 2.75) is 204 Å². The third-order valence-electron chi connectivity index (χ3n) is 7.39. The molecule has 0 aliphatic rings. The molecule has 0 aromatic carbocycles. The standard InChI is InChI=1S/C7H16N2O2.C7H15NO2.C6H14N2O2.C6H13NO2.C5H12N2.C5H14NO4P.C5H14NO3P.C5H13NO/c1-5(2)9-4-3-6(8)7(10)11;1-6(2)8-5-3-4-7(9)10;1-4(2)8-3-5(7)6(9)10;1-5(2)7-4-3-6(8)9;1-4(2)7-5(3)6;1-5(2)6-3-4-10-11(7,8)9;1-5(2)6-3-4-10(7,8)9;1-5(2)6-3-4-7/h5-6,9H,3-4,8H2,1-2H3,(H,10,11);6,8H,3-5H2,1-2H3,(H,9,10);4-5,8H,3,7H2,1-2H3,(H,9,10);5,7H,3-4H2,1-2H3,(H,8,9);4H,1-3H3,(H2,6,7);5-6H,3-4H2,1-2H3,(H2,7,8,9);5-6H,3-4H2,1-2H3,(H2,7,8,9);5-7H,3-4H2,1-2H3/p-2. The lowest BCUT2D eigenvalue weighted by molar-refractivity contribution is -0.341. The van der Waals surface area contributed by atoms with Gasteiger partial charge in [0.2, 0.25) is 0 Å². The van der Waals surface area contributed by atoms with Crippen LogP contribution in [0.25, 0.3) is 0 Å². The first-order valence-electron chi connectivity index (χ1n) is 25.2. The molecule has 0 aliphatic heterocycles. The van der Waals surface area contributed by atoms with Crippen LogP contribution in [-0.4, -0.2) is 191 Å². The maximum atomic E-state index is 10.3. The van der Waals surface area contributed by atoms with Gasteiger partial charge in [-0.2, -0.15) is 0 Å². The zero-order valence-electron chi connectivity index (χ0n) is 48.6. The molecule has 0 bridgehead atoms. The number of rotatable bonds is 31. The van der Waals surface area contributed by atoms with Gasteiger partial charge in [-0.15, -0.1) is 0 Å². The van der Waals surface area contributed by atoms with Crippen LogP contribution in [-0.2, 0) is 32.8 Å². The molecule has 0 aromatic heterocycles. The molecule has 0 aliphatic carbocycles. The van der Waals surface area contributed by atoms with Gasteiger partial charge in [0.05, 0.1) is 39.5 Å². The van der Waals surface area contributed by atoms with Gasteiger partial charge in [0.25, 0.3) is 0 Å². The summed E-state index contributed by atoms with van der Waals surface area (Å²) >= 11 is 0. The van der Waals surface area contributed by atoms with Crippen molar-refractivity contribution in [1.29, 1.82) is 0 Å². The summed E-state index contributed by atoms with van der Waals surface area (Å²) in [5.74, 6) is -2.70. The molecular weight excluding hydrogens is 1020 g/mol. The zero-order chi connectivity index (χ0) is 60.9. The van der Waals surface area contributed by atoms with Crippen LogP contribution in [0.4, 0.5) is 0 Å². The monoisotopic (exact) mass is 1130 g/mol. The van der Waals surface area contributed by atoms with Gasteiger partial charge in [-0.3, -0.25) is 28.7 Å². The number of phosphoric ester groups is 1. The summed E-state index contributed by atoms with van der Waals surface area (Å²) in [5, 5.41) is 62.4. The Morgan fingerprint density at radius 2 is 0.907 bits per heavy atom. The molecule has 0 spiro atoms. The molecule has 27 nitrogen and oxygen atoms in total. The number of aliphatic carboxylic acids is 4. The highest BCUT2D eigenvalue weighted by atomic mass is 31.2. The maximum Gasteiger partial charge on any atom is 0.326 e. The third kappa shape index (κ3) is 125. The topological polar surface area (TPSA) is 474 Å². The van der Waals surface area contributed by atoms with Gasteiger partial charge in [-0.25, -0.2) is 0 Å². The zero-order valence-corrected chi connectivity index (χ0v) is 50.3. The first-order chi connectivity index (χ1) is 34.1. The van der Waals surface area contributed by atoms with Crippen LogP contribution in [0.2, 0.25) is 0 Å². The van der Waals surface area contributed by atoms with Crippen LogP contribution in [0.15, 0.2) is 4.99 Å². The predicted molar refractivity (Wildman–Crippen MR) is 297 cm³/mol. The molecule has 0 saturated heterocycles. The minimum Gasteiger partial charge on any atom is -0.790 e. The summed E-state index contributed by atoms with van der Waals surface area (Å²) in [6, 6.07) is 1.35. The first-order valence-corrected chi connectivity index (χ1v) is 28.5. The molecule has 456 valence electrons. The van der Waals surface area contributed by atoms with E-state index in [4.69, 9.17) is 52.5 Å². The molecule has 0 radical (unpaired) electrons. The van der Waals surface area contributed by atoms with Crippen molar-refractivity contribution < 1.29 is 77.9 Å². The summed E-state index contributed by atoms with van der Waals surface area (Å²) < 4.78 is 24.1. The minimum absolute atomic E-state index is 0.0782. The van der Waals surface area contributed by atoms with Crippen LogP contribution in [0, 0.1) is 0 Å². The number of aliphatic hydroxyl groups is 1. The van der Waals surface area contributed by atoms with Gasteiger partial charge >= 0.3 is 31.5 Å². The van der Waals surface area contributed by atoms with E-state index >= 15 is 0 Å². The lowest BCUT2D eigenvalue weighted by atomic mass is 10.2. The van der Waals surface area contributed by atoms with Gasteiger partial charge in [0.1, 0.15) is 12.1 Å². The Morgan fingerprint density at radius 1 is 0.547 bits per heavy atom. The second-order valence-corrected chi connectivity index (χ2v) is 21.7. The summed E-state index contributed by atoms with van der Waals surface area (Å²) in [6.45, 7) is 37.5. The number of aliphatic hydroxyl groups excluding tert-OH is 1. The Balaban J connectivity index is -0.000000115. The van der Waals surface area contributed by atoms with Crippen molar-refractivity contribution >= 4 is 45.1 Å². The van der Waals surface area contributed by atoms with Gasteiger partial charge in [0.15, 0.2) is 0 Å². The number of phosphoric acid groups is 1. The fourth-order valence-electron chi connectivity index (χ4n) is 3.96. The number of hydrogen-bond donors (Lipinski definition) is 17. The normalized spacial score (nSPS) is 12.0. The second-order valence-electron chi connectivity index (χ2n) is 18.8. The molecular formula is C46H109N11O16P2-2. The van der Waals surface area contributed by atoms with Crippen LogP contribution < -0.4 is 64.2 Å². The van der Waals surface area contributed by atoms with E-state index in [0.717, 1.165) is 6.54 Å².